The normalized spacial score (nSPS) is 15.0. The zero-order chi connectivity index (χ0) is 8.91. The average molecular weight is 155 g/mol. The second-order valence-corrected chi connectivity index (χ2v) is 4.15. The van der Waals surface area contributed by atoms with Gasteiger partial charge in [0.15, 0.2) is 0 Å². The van der Waals surface area contributed by atoms with E-state index < -0.39 is 0 Å². The van der Waals surface area contributed by atoms with Gasteiger partial charge in [0.05, 0.1) is 0 Å². The highest BCUT2D eigenvalue weighted by molar-refractivity contribution is 4.85. The van der Waals surface area contributed by atoms with Gasteiger partial charge < -0.3 is 0 Å². The molecule has 0 aliphatic rings. The van der Waals surface area contributed by atoms with Crippen molar-refractivity contribution in [2.75, 3.05) is 0 Å². The molecule has 1 atom stereocenters. The first-order valence-corrected chi connectivity index (χ1v) is 4.85. The van der Waals surface area contributed by atoms with Gasteiger partial charge in [-0.3, -0.25) is 0 Å². The van der Waals surface area contributed by atoms with Crippen LogP contribution in [-0.2, 0) is 0 Å². The molecule has 0 fully saturated rings. The third-order valence-electron chi connectivity index (χ3n) is 3.00. The van der Waals surface area contributed by atoms with Crippen LogP contribution in [0.5, 0.6) is 0 Å². The number of hydrogen-bond acceptors (Lipinski definition) is 0. The van der Waals surface area contributed by atoms with Crippen molar-refractivity contribution >= 4 is 0 Å². The first-order chi connectivity index (χ1) is 5.04. The molecular formula is C11H23. The van der Waals surface area contributed by atoms with E-state index >= 15 is 0 Å². The Labute approximate surface area is 72.4 Å². The monoisotopic (exact) mass is 155 g/mol. The second-order valence-electron chi connectivity index (χ2n) is 4.15. The summed E-state index contributed by atoms with van der Waals surface area (Å²) >= 11 is 0. The van der Waals surface area contributed by atoms with Crippen LogP contribution in [0.4, 0.5) is 0 Å². The molecule has 1 radical (unpaired) electrons. The van der Waals surface area contributed by atoms with E-state index in [4.69, 9.17) is 0 Å². The molecule has 0 aliphatic heterocycles. The summed E-state index contributed by atoms with van der Waals surface area (Å²) in [6, 6.07) is 0. The molecule has 0 aromatic heterocycles. The molecule has 0 saturated heterocycles. The van der Waals surface area contributed by atoms with Crippen molar-refractivity contribution in [2.24, 2.45) is 11.3 Å². The molecule has 0 bridgehead atoms. The molecule has 0 nitrogen and oxygen atoms in total. The van der Waals surface area contributed by atoms with Crippen LogP contribution in [-0.4, -0.2) is 0 Å². The summed E-state index contributed by atoms with van der Waals surface area (Å²) < 4.78 is 0. The maximum Gasteiger partial charge on any atom is -0.0300 e. The van der Waals surface area contributed by atoms with Crippen molar-refractivity contribution in [3.05, 3.63) is 6.42 Å². The van der Waals surface area contributed by atoms with Crippen molar-refractivity contribution in [1.29, 1.82) is 0 Å². The highest BCUT2D eigenvalue weighted by Crippen LogP contribution is 2.32. The molecule has 0 heterocycles. The first-order valence-electron chi connectivity index (χ1n) is 4.85. The highest BCUT2D eigenvalue weighted by atomic mass is 14.3. The highest BCUT2D eigenvalue weighted by Gasteiger charge is 2.22. The minimum absolute atomic E-state index is 0.426. The van der Waals surface area contributed by atoms with Gasteiger partial charge in [0.1, 0.15) is 0 Å². The molecule has 0 heteroatoms. The lowest BCUT2D eigenvalue weighted by Crippen LogP contribution is -2.20. The van der Waals surface area contributed by atoms with Crippen molar-refractivity contribution < 1.29 is 0 Å². The van der Waals surface area contributed by atoms with E-state index in [2.05, 4.69) is 41.0 Å². The lowest BCUT2D eigenvalue weighted by atomic mass is 9.75. The third kappa shape index (κ3) is 3.79. The van der Waals surface area contributed by atoms with Gasteiger partial charge in [-0.25, -0.2) is 0 Å². The lowest BCUT2D eigenvalue weighted by molar-refractivity contribution is 0.260. The van der Waals surface area contributed by atoms with Gasteiger partial charge in [0.25, 0.3) is 0 Å². The van der Waals surface area contributed by atoms with E-state index in [0.717, 1.165) is 5.92 Å². The van der Waals surface area contributed by atoms with E-state index in [1.54, 1.807) is 0 Å². The zero-order valence-corrected chi connectivity index (χ0v) is 8.78. The molecular weight excluding hydrogens is 132 g/mol. The summed E-state index contributed by atoms with van der Waals surface area (Å²) in [5, 5.41) is 0. The fraction of sp³-hybridized carbons (Fsp3) is 0.909. The maximum absolute atomic E-state index is 2.36. The number of unbranched alkanes of at least 4 members (excludes halogenated alkanes) is 1. The summed E-state index contributed by atoms with van der Waals surface area (Å²) in [5.41, 5.74) is 0.426. The van der Waals surface area contributed by atoms with Gasteiger partial charge in [-0.1, -0.05) is 53.9 Å². The molecule has 1 unspecified atom stereocenters. The second kappa shape index (κ2) is 4.79. The Balaban J connectivity index is 3.71. The predicted octanol–water partition coefficient (Wildman–Crippen LogP) is 4.06. The molecule has 11 heavy (non-hydrogen) atoms. The molecule has 0 aliphatic carbocycles. The zero-order valence-electron chi connectivity index (χ0n) is 8.78. The van der Waals surface area contributed by atoms with Crippen LogP contribution < -0.4 is 0 Å². The first kappa shape index (κ1) is 11.0. The molecule has 0 aromatic rings. The van der Waals surface area contributed by atoms with E-state index in [-0.39, 0.29) is 0 Å². The van der Waals surface area contributed by atoms with Crippen LogP contribution in [0.25, 0.3) is 0 Å². The van der Waals surface area contributed by atoms with Crippen molar-refractivity contribution in [1.82, 2.24) is 0 Å². The largest absolute Gasteiger partial charge is 0.0654 e. The SMILES string of the molecule is C[CH]C(C)(C)C(C)CCCC. The van der Waals surface area contributed by atoms with Gasteiger partial charge >= 0.3 is 0 Å². The fourth-order valence-corrected chi connectivity index (χ4v) is 1.17. The molecule has 0 rings (SSSR count). The quantitative estimate of drug-likeness (QED) is 0.561. The van der Waals surface area contributed by atoms with Crippen LogP contribution in [0, 0.1) is 17.8 Å². The summed E-state index contributed by atoms with van der Waals surface area (Å²) in [5.74, 6) is 0.826. The van der Waals surface area contributed by atoms with E-state index in [9.17, 15) is 0 Å². The van der Waals surface area contributed by atoms with Crippen molar-refractivity contribution in [3.8, 4) is 0 Å². The minimum atomic E-state index is 0.426. The van der Waals surface area contributed by atoms with E-state index in [0.29, 0.717) is 5.41 Å². The summed E-state index contributed by atoms with van der Waals surface area (Å²) in [6.07, 6.45) is 6.39. The molecule has 67 valence electrons. The molecule has 0 N–H and O–H groups in total. The number of hydrogen-bond donors (Lipinski definition) is 0. The fourth-order valence-electron chi connectivity index (χ4n) is 1.17. The number of rotatable bonds is 5. The van der Waals surface area contributed by atoms with Crippen LogP contribution in [0.15, 0.2) is 0 Å². The molecule has 0 aromatic carbocycles. The topological polar surface area (TPSA) is 0 Å². The standard InChI is InChI=1S/C11H23/c1-6-8-9-10(3)11(4,5)7-2/h7,10H,6,8-9H2,1-5H3. The van der Waals surface area contributed by atoms with E-state index in [1.807, 2.05) is 0 Å². The summed E-state index contributed by atoms with van der Waals surface area (Å²) in [6.45, 7) is 11.4. The Morgan fingerprint density at radius 1 is 1.36 bits per heavy atom. The molecule has 0 amide bonds. The Bertz CT molecular complexity index is 92.2. The van der Waals surface area contributed by atoms with Crippen LogP contribution >= 0.6 is 0 Å². The Kier molecular flexibility index (Phi) is 4.79. The molecule has 0 spiro atoms. The van der Waals surface area contributed by atoms with Gasteiger partial charge in [0.2, 0.25) is 0 Å². The van der Waals surface area contributed by atoms with Gasteiger partial charge in [0, 0.05) is 0 Å². The van der Waals surface area contributed by atoms with Crippen LogP contribution in [0.1, 0.15) is 53.9 Å². The smallest absolute Gasteiger partial charge is 0.0300 e. The minimum Gasteiger partial charge on any atom is -0.0654 e. The third-order valence-corrected chi connectivity index (χ3v) is 3.00. The lowest BCUT2D eigenvalue weighted by Gasteiger charge is -2.30. The van der Waals surface area contributed by atoms with Crippen molar-refractivity contribution in [2.45, 2.75) is 53.9 Å². The Hall–Kier alpha value is 0. The van der Waals surface area contributed by atoms with Gasteiger partial charge in [-0.15, -0.1) is 0 Å². The Morgan fingerprint density at radius 2 is 1.91 bits per heavy atom. The van der Waals surface area contributed by atoms with Crippen molar-refractivity contribution in [3.63, 3.8) is 0 Å². The average Bonchev–Trinajstić information content (AvgIpc) is 2.00. The van der Waals surface area contributed by atoms with Gasteiger partial charge in [-0.2, -0.15) is 0 Å². The van der Waals surface area contributed by atoms with Crippen LogP contribution in [0.3, 0.4) is 0 Å². The van der Waals surface area contributed by atoms with E-state index in [1.165, 1.54) is 19.3 Å². The maximum atomic E-state index is 2.36. The summed E-state index contributed by atoms with van der Waals surface area (Å²) in [4.78, 5) is 0. The Morgan fingerprint density at radius 3 is 2.27 bits per heavy atom. The molecule has 0 saturated carbocycles. The van der Waals surface area contributed by atoms with Crippen LogP contribution in [0.2, 0.25) is 0 Å². The predicted molar refractivity (Wildman–Crippen MR) is 52.4 cm³/mol. The van der Waals surface area contributed by atoms with Gasteiger partial charge in [-0.05, 0) is 17.8 Å². The summed E-state index contributed by atoms with van der Waals surface area (Å²) in [7, 11) is 0.